The van der Waals surface area contributed by atoms with Gasteiger partial charge in [-0.05, 0) is 36.8 Å². The Morgan fingerprint density at radius 2 is 1.84 bits per heavy atom. The molecule has 1 aromatic heterocycles. The molecule has 2 aromatic rings. The normalized spacial score (nSPS) is 11.7. The third kappa shape index (κ3) is 4.18. The van der Waals surface area contributed by atoms with Crippen molar-refractivity contribution in [2.24, 2.45) is 0 Å². The summed E-state index contributed by atoms with van der Waals surface area (Å²) < 4.78 is 44.1. The Labute approximate surface area is 111 Å². The van der Waals surface area contributed by atoms with E-state index in [-0.39, 0.29) is 18.1 Å². The Morgan fingerprint density at radius 3 is 2.42 bits per heavy atom. The van der Waals surface area contributed by atoms with Gasteiger partial charge < -0.3 is 4.42 Å². The molecule has 1 aromatic carbocycles. The number of hydrogen-bond acceptors (Lipinski definition) is 3. The first kappa shape index (κ1) is 13.8. The summed E-state index contributed by atoms with van der Waals surface area (Å²) in [5.74, 6) is 0.709. The second-order valence-corrected chi connectivity index (χ2v) is 6.03. The Hall–Kier alpha value is -1.66. The Kier molecular flexibility index (Phi) is 4.01. The van der Waals surface area contributed by atoms with Crippen LogP contribution in [-0.4, -0.2) is 8.42 Å². The number of rotatable bonds is 5. The Bertz CT molecular complexity index is 647. The molecule has 0 spiro atoms. The van der Waals surface area contributed by atoms with E-state index in [1.807, 2.05) is 0 Å². The molecule has 0 aliphatic carbocycles. The summed E-state index contributed by atoms with van der Waals surface area (Å²) in [4.78, 5) is 0. The van der Waals surface area contributed by atoms with Gasteiger partial charge in [-0.1, -0.05) is 12.1 Å². The van der Waals surface area contributed by atoms with Crippen molar-refractivity contribution < 1.29 is 17.2 Å². The Balaban J connectivity index is 1.97. The van der Waals surface area contributed by atoms with Crippen molar-refractivity contribution in [1.29, 1.82) is 0 Å². The Morgan fingerprint density at radius 1 is 1.16 bits per heavy atom. The molecule has 1 heterocycles. The van der Waals surface area contributed by atoms with E-state index in [1.165, 1.54) is 24.3 Å². The van der Waals surface area contributed by atoms with Crippen molar-refractivity contribution in [1.82, 2.24) is 4.72 Å². The number of nitrogens with one attached hydrogen (secondary N) is 1. The molecule has 0 saturated carbocycles. The molecule has 4 nitrogen and oxygen atoms in total. The maximum absolute atomic E-state index is 12.7. The molecule has 0 bridgehead atoms. The van der Waals surface area contributed by atoms with Crippen LogP contribution < -0.4 is 4.72 Å². The summed E-state index contributed by atoms with van der Waals surface area (Å²) in [5, 5.41) is 0. The highest BCUT2D eigenvalue weighted by atomic mass is 32.2. The third-order valence-electron chi connectivity index (χ3n) is 2.53. The van der Waals surface area contributed by atoms with Gasteiger partial charge >= 0.3 is 0 Å². The SMILES string of the molecule is Cc1ccc(CNS(=O)(=O)Cc2ccc(F)cc2)o1. The first-order valence-corrected chi connectivity index (χ1v) is 7.37. The van der Waals surface area contributed by atoms with E-state index in [1.54, 1.807) is 19.1 Å². The number of benzene rings is 1. The minimum Gasteiger partial charge on any atom is -0.465 e. The fourth-order valence-electron chi connectivity index (χ4n) is 1.61. The molecule has 0 aliphatic rings. The molecule has 0 saturated heterocycles. The minimum atomic E-state index is -3.47. The second-order valence-electron chi connectivity index (χ2n) is 4.22. The molecule has 19 heavy (non-hydrogen) atoms. The van der Waals surface area contributed by atoms with Crippen molar-refractivity contribution in [2.75, 3.05) is 0 Å². The smallest absolute Gasteiger partial charge is 0.216 e. The fourth-order valence-corrected chi connectivity index (χ4v) is 2.71. The first-order chi connectivity index (χ1) is 8.94. The lowest BCUT2D eigenvalue weighted by Gasteiger charge is -2.05. The molecule has 2 rings (SSSR count). The quantitative estimate of drug-likeness (QED) is 0.916. The third-order valence-corrected chi connectivity index (χ3v) is 3.83. The average molecular weight is 283 g/mol. The molecule has 0 aliphatic heterocycles. The zero-order chi connectivity index (χ0) is 13.9. The van der Waals surface area contributed by atoms with Gasteiger partial charge in [-0.2, -0.15) is 0 Å². The predicted molar refractivity (Wildman–Crippen MR) is 69.3 cm³/mol. The van der Waals surface area contributed by atoms with E-state index in [2.05, 4.69) is 4.72 Å². The summed E-state index contributed by atoms with van der Waals surface area (Å²) in [6.45, 7) is 1.90. The van der Waals surface area contributed by atoms with Crippen molar-refractivity contribution in [3.8, 4) is 0 Å². The van der Waals surface area contributed by atoms with E-state index in [0.29, 0.717) is 11.3 Å². The van der Waals surface area contributed by atoms with Gasteiger partial charge in [-0.3, -0.25) is 0 Å². The van der Waals surface area contributed by atoms with Crippen molar-refractivity contribution in [3.05, 3.63) is 59.3 Å². The van der Waals surface area contributed by atoms with Crippen LogP contribution in [0.15, 0.2) is 40.8 Å². The zero-order valence-corrected chi connectivity index (χ0v) is 11.2. The highest BCUT2D eigenvalue weighted by Gasteiger charge is 2.12. The number of halogens is 1. The maximum atomic E-state index is 12.7. The van der Waals surface area contributed by atoms with Gasteiger partial charge in [-0.25, -0.2) is 17.5 Å². The van der Waals surface area contributed by atoms with Gasteiger partial charge in [0.25, 0.3) is 0 Å². The van der Waals surface area contributed by atoms with Crippen LogP contribution in [0.1, 0.15) is 17.1 Å². The summed E-state index contributed by atoms with van der Waals surface area (Å²) in [6.07, 6.45) is 0. The highest BCUT2D eigenvalue weighted by Crippen LogP contribution is 2.09. The van der Waals surface area contributed by atoms with Crippen molar-refractivity contribution >= 4 is 10.0 Å². The fraction of sp³-hybridized carbons (Fsp3) is 0.231. The summed E-state index contributed by atoms with van der Waals surface area (Å²) in [7, 11) is -3.47. The van der Waals surface area contributed by atoms with E-state index in [0.717, 1.165) is 5.76 Å². The van der Waals surface area contributed by atoms with Crippen LogP contribution in [0, 0.1) is 12.7 Å². The molecule has 0 unspecified atom stereocenters. The maximum Gasteiger partial charge on any atom is 0.216 e. The largest absolute Gasteiger partial charge is 0.465 e. The van der Waals surface area contributed by atoms with E-state index in [4.69, 9.17) is 4.42 Å². The van der Waals surface area contributed by atoms with E-state index in [9.17, 15) is 12.8 Å². The molecule has 0 amide bonds. The molecule has 102 valence electrons. The molecular formula is C13H14FNO3S. The second kappa shape index (κ2) is 5.54. The number of hydrogen-bond donors (Lipinski definition) is 1. The molecule has 0 radical (unpaired) electrons. The van der Waals surface area contributed by atoms with Gasteiger partial charge in [0, 0.05) is 0 Å². The highest BCUT2D eigenvalue weighted by molar-refractivity contribution is 7.88. The number of furan rings is 1. The van der Waals surface area contributed by atoms with Crippen molar-refractivity contribution in [2.45, 2.75) is 19.2 Å². The van der Waals surface area contributed by atoms with Crippen LogP contribution in [0.3, 0.4) is 0 Å². The zero-order valence-electron chi connectivity index (χ0n) is 10.4. The number of aryl methyl sites for hydroxylation is 1. The van der Waals surface area contributed by atoms with E-state index >= 15 is 0 Å². The van der Waals surface area contributed by atoms with Crippen LogP contribution in [0.25, 0.3) is 0 Å². The first-order valence-electron chi connectivity index (χ1n) is 5.72. The van der Waals surface area contributed by atoms with Crippen molar-refractivity contribution in [3.63, 3.8) is 0 Å². The molecular weight excluding hydrogens is 269 g/mol. The number of sulfonamides is 1. The van der Waals surface area contributed by atoms with Crippen LogP contribution in [0.2, 0.25) is 0 Å². The molecule has 6 heteroatoms. The lowest BCUT2D eigenvalue weighted by molar-refractivity contribution is 0.475. The van der Waals surface area contributed by atoms with Gasteiger partial charge in [0.2, 0.25) is 10.0 Å². The molecule has 0 atom stereocenters. The predicted octanol–water partition coefficient (Wildman–Crippen LogP) is 2.35. The van der Waals surface area contributed by atoms with Crippen LogP contribution >= 0.6 is 0 Å². The topological polar surface area (TPSA) is 59.3 Å². The lowest BCUT2D eigenvalue weighted by Crippen LogP contribution is -2.24. The van der Waals surface area contributed by atoms with Crippen LogP contribution in [-0.2, 0) is 22.3 Å². The van der Waals surface area contributed by atoms with Crippen LogP contribution in [0.4, 0.5) is 4.39 Å². The summed E-state index contributed by atoms with van der Waals surface area (Å²) in [5.41, 5.74) is 0.532. The van der Waals surface area contributed by atoms with Gasteiger partial charge in [0.05, 0.1) is 12.3 Å². The van der Waals surface area contributed by atoms with Gasteiger partial charge in [0.1, 0.15) is 17.3 Å². The molecule has 0 fully saturated rings. The molecule has 1 N–H and O–H groups in total. The minimum absolute atomic E-state index is 0.109. The van der Waals surface area contributed by atoms with Gasteiger partial charge in [0.15, 0.2) is 0 Å². The summed E-state index contributed by atoms with van der Waals surface area (Å²) in [6, 6.07) is 8.86. The standard InChI is InChI=1S/C13H14FNO3S/c1-10-2-7-13(18-10)8-15-19(16,17)9-11-3-5-12(14)6-4-11/h2-7,15H,8-9H2,1H3. The average Bonchev–Trinajstić information content (AvgIpc) is 2.76. The van der Waals surface area contributed by atoms with Gasteiger partial charge in [-0.15, -0.1) is 0 Å². The lowest BCUT2D eigenvalue weighted by atomic mass is 10.2. The monoisotopic (exact) mass is 283 g/mol. The van der Waals surface area contributed by atoms with E-state index < -0.39 is 10.0 Å². The van der Waals surface area contributed by atoms with Crippen LogP contribution in [0.5, 0.6) is 0 Å². The summed E-state index contributed by atoms with van der Waals surface area (Å²) >= 11 is 0.